The fourth-order valence-electron chi connectivity index (χ4n) is 4.46. The zero-order valence-electron chi connectivity index (χ0n) is 22.6. The van der Waals surface area contributed by atoms with Gasteiger partial charge in [-0.25, -0.2) is 16.8 Å². The summed E-state index contributed by atoms with van der Waals surface area (Å²) in [5.74, 6) is 0. The van der Waals surface area contributed by atoms with Crippen LogP contribution in [0.1, 0.15) is 50.4 Å². The predicted molar refractivity (Wildman–Crippen MR) is 157 cm³/mol. The second-order valence-corrected chi connectivity index (χ2v) is 14.2. The van der Waals surface area contributed by atoms with Crippen LogP contribution in [0.4, 0.5) is 0 Å². The Bertz CT molecular complexity index is 1770. The Balaban J connectivity index is 1.70. The largest absolute Gasteiger partial charge is 0.308 e. The number of fused-ring (bicyclic) bond motifs is 1. The maximum absolute atomic E-state index is 13.5. The summed E-state index contributed by atoms with van der Waals surface area (Å²) < 4.78 is 54.3. The number of sulfonamides is 2. The van der Waals surface area contributed by atoms with Crippen molar-refractivity contribution in [2.45, 2.75) is 63.6 Å². The van der Waals surface area contributed by atoms with Crippen molar-refractivity contribution < 1.29 is 16.8 Å². The van der Waals surface area contributed by atoms with E-state index in [0.29, 0.717) is 23.1 Å². The zero-order valence-corrected chi connectivity index (χ0v) is 24.3. The van der Waals surface area contributed by atoms with Crippen molar-refractivity contribution in [3.8, 4) is 11.1 Å². The number of nitrogens with zero attached hydrogens (tertiary/aromatic N) is 1. The lowest BCUT2D eigenvalue weighted by Crippen LogP contribution is -2.36. The molecule has 0 aliphatic heterocycles. The van der Waals surface area contributed by atoms with E-state index in [-0.39, 0.29) is 10.5 Å². The number of hydrogen-bond acceptors (Lipinski definition) is 5. The Morgan fingerprint density at radius 2 is 1.59 bits per heavy atom. The van der Waals surface area contributed by atoms with Gasteiger partial charge < -0.3 is 4.57 Å². The Labute approximate surface area is 230 Å². The predicted octanol–water partition coefficient (Wildman–Crippen LogP) is 5.38. The van der Waals surface area contributed by atoms with Crippen molar-refractivity contribution >= 4 is 30.8 Å². The highest BCUT2D eigenvalue weighted by molar-refractivity contribution is 8.05. The van der Waals surface area contributed by atoms with Crippen LogP contribution in [0.3, 0.4) is 0 Å². The summed E-state index contributed by atoms with van der Waals surface area (Å²) in [7, 11) is -8.38. The quantitative estimate of drug-likeness (QED) is 0.278. The van der Waals surface area contributed by atoms with Crippen LogP contribution in [0.25, 0.3) is 21.9 Å². The maximum atomic E-state index is 13.5. The van der Waals surface area contributed by atoms with Crippen LogP contribution in [-0.2, 0) is 33.0 Å². The molecule has 4 aromatic rings. The molecule has 206 valence electrons. The van der Waals surface area contributed by atoms with E-state index >= 15 is 0 Å². The molecule has 4 rings (SSSR count). The molecule has 0 radical (unpaired) electrons. The van der Waals surface area contributed by atoms with E-state index in [4.69, 9.17) is 0 Å². The maximum Gasteiger partial charge on any atom is 0.258 e. The molecule has 0 atom stereocenters. The van der Waals surface area contributed by atoms with Crippen molar-refractivity contribution in [1.82, 2.24) is 8.69 Å². The first-order chi connectivity index (χ1) is 18.4. The van der Waals surface area contributed by atoms with Gasteiger partial charge >= 0.3 is 0 Å². The van der Waals surface area contributed by atoms with Crippen molar-refractivity contribution in [1.29, 1.82) is 0 Å². The topological polar surface area (TPSA) is 102 Å². The van der Waals surface area contributed by atoms with E-state index in [1.165, 1.54) is 19.9 Å². The molecule has 0 fully saturated rings. The molecule has 1 N–H and O–H groups in total. The third-order valence-electron chi connectivity index (χ3n) is 6.77. The third-order valence-corrected chi connectivity index (χ3v) is 10.8. The molecular formula is C30H34N2O5S2. The number of benzene rings is 3. The molecule has 1 heterocycles. The van der Waals surface area contributed by atoms with Crippen molar-refractivity contribution in [2.24, 2.45) is 0 Å². The van der Waals surface area contributed by atoms with Crippen LogP contribution in [0.2, 0.25) is 0 Å². The van der Waals surface area contributed by atoms with Gasteiger partial charge in [-0.2, -0.15) is 0 Å². The summed E-state index contributed by atoms with van der Waals surface area (Å²) >= 11 is 0. The summed E-state index contributed by atoms with van der Waals surface area (Å²) in [6.07, 6.45) is 2.79. The van der Waals surface area contributed by atoms with E-state index in [1.54, 1.807) is 30.3 Å². The van der Waals surface area contributed by atoms with Gasteiger partial charge in [0.1, 0.15) is 0 Å². The summed E-state index contributed by atoms with van der Waals surface area (Å²) in [5.41, 5.74) is 3.89. The van der Waals surface area contributed by atoms with Gasteiger partial charge in [0.05, 0.1) is 16.7 Å². The smallest absolute Gasteiger partial charge is 0.258 e. The standard InChI is InChI=1S/C30H34N2O5S2/c1-5-6-9-26-19-25-15-12-22(4)18-28(25)30(33)32(26)20-23-13-16-24(17-14-23)27-10-7-8-11-29(27)39(36,37)31-38(34,35)21(2)3/h7-8,10-19,21,31H,5-6,9,20H2,1-4H3. The summed E-state index contributed by atoms with van der Waals surface area (Å²) in [6.45, 7) is 7.31. The summed E-state index contributed by atoms with van der Waals surface area (Å²) in [6, 6.07) is 21.6. The number of nitrogens with one attached hydrogen (secondary N) is 1. The van der Waals surface area contributed by atoms with Gasteiger partial charge in [-0.1, -0.05) is 73.5 Å². The highest BCUT2D eigenvalue weighted by Gasteiger charge is 2.27. The van der Waals surface area contributed by atoms with E-state index in [1.807, 2.05) is 46.0 Å². The van der Waals surface area contributed by atoms with Gasteiger partial charge in [0.2, 0.25) is 10.0 Å². The molecule has 0 saturated heterocycles. The van der Waals surface area contributed by atoms with Crippen LogP contribution in [0.5, 0.6) is 0 Å². The van der Waals surface area contributed by atoms with E-state index < -0.39 is 25.3 Å². The molecule has 39 heavy (non-hydrogen) atoms. The monoisotopic (exact) mass is 566 g/mol. The molecule has 0 bridgehead atoms. The van der Waals surface area contributed by atoms with Crippen molar-refractivity contribution in [3.63, 3.8) is 0 Å². The third kappa shape index (κ3) is 6.32. The molecule has 9 heteroatoms. The summed E-state index contributed by atoms with van der Waals surface area (Å²) in [4.78, 5) is 13.4. The number of pyridine rings is 1. The van der Waals surface area contributed by atoms with Crippen LogP contribution in [0, 0.1) is 6.92 Å². The lowest BCUT2D eigenvalue weighted by atomic mass is 10.0. The van der Waals surface area contributed by atoms with Gasteiger partial charge in [-0.15, -0.1) is 4.13 Å². The fraction of sp³-hybridized carbons (Fsp3) is 0.300. The first-order valence-corrected chi connectivity index (χ1v) is 16.0. The van der Waals surface area contributed by atoms with E-state index in [0.717, 1.165) is 41.5 Å². The molecular weight excluding hydrogens is 532 g/mol. The molecule has 1 aromatic heterocycles. The molecule has 0 spiro atoms. The lowest BCUT2D eigenvalue weighted by molar-refractivity contribution is 0.571. The number of aryl methyl sites for hydroxylation is 2. The Morgan fingerprint density at radius 3 is 2.26 bits per heavy atom. The lowest BCUT2D eigenvalue weighted by Gasteiger charge is -2.16. The molecule has 0 aliphatic carbocycles. The molecule has 3 aromatic carbocycles. The normalized spacial score (nSPS) is 12.3. The number of rotatable bonds is 10. The number of aromatic nitrogens is 1. The van der Waals surface area contributed by atoms with E-state index in [9.17, 15) is 21.6 Å². The van der Waals surface area contributed by atoms with Crippen LogP contribution >= 0.6 is 0 Å². The second-order valence-electron chi connectivity index (χ2n) is 10.1. The Kier molecular flexibility index (Phi) is 8.44. The van der Waals surface area contributed by atoms with E-state index in [2.05, 4.69) is 13.0 Å². The Morgan fingerprint density at radius 1 is 0.897 bits per heavy atom. The SMILES string of the molecule is CCCCc1cc2ccc(C)cc2c(=O)n1Cc1ccc(-c2ccccc2S(=O)(=O)NS(=O)(=O)C(C)C)cc1. The van der Waals surface area contributed by atoms with Crippen LogP contribution in [0.15, 0.2) is 82.5 Å². The Hall–Kier alpha value is -3.27. The molecule has 0 unspecified atom stereocenters. The molecule has 0 aliphatic rings. The molecule has 7 nitrogen and oxygen atoms in total. The van der Waals surface area contributed by atoms with Crippen LogP contribution in [-0.4, -0.2) is 26.7 Å². The van der Waals surface area contributed by atoms with Crippen molar-refractivity contribution in [3.05, 3.63) is 100.0 Å². The number of unbranched alkanes of at least 4 members (excludes halogenated alkanes) is 1. The molecule has 0 amide bonds. The van der Waals surface area contributed by atoms with Gasteiger partial charge in [-0.3, -0.25) is 4.79 Å². The average molecular weight is 567 g/mol. The van der Waals surface area contributed by atoms with Crippen LogP contribution < -0.4 is 9.69 Å². The fourth-order valence-corrected chi connectivity index (χ4v) is 7.54. The molecule has 0 saturated carbocycles. The number of hydrogen-bond donors (Lipinski definition) is 1. The first kappa shape index (κ1) is 28.7. The van der Waals surface area contributed by atoms with Gasteiger partial charge in [-0.05, 0) is 68.3 Å². The zero-order chi connectivity index (χ0) is 28.4. The summed E-state index contributed by atoms with van der Waals surface area (Å²) in [5, 5.41) is 0.729. The van der Waals surface area contributed by atoms with Crippen molar-refractivity contribution in [2.75, 3.05) is 0 Å². The van der Waals surface area contributed by atoms with Gasteiger partial charge in [0.25, 0.3) is 15.6 Å². The second kappa shape index (κ2) is 11.5. The first-order valence-electron chi connectivity index (χ1n) is 13.0. The minimum absolute atomic E-state index is 0.0275. The minimum atomic E-state index is -4.33. The highest BCUT2D eigenvalue weighted by Crippen LogP contribution is 2.28. The highest BCUT2D eigenvalue weighted by atomic mass is 32.3. The average Bonchev–Trinajstić information content (AvgIpc) is 2.89. The van der Waals surface area contributed by atoms with Gasteiger partial charge in [0, 0.05) is 16.6 Å². The minimum Gasteiger partial charge on any atom is -0.308 e. The van der Waals surface area contributed by atoms with Gasteiger partial charge in [0.15, 0.2) is 0 Å².